The maximum Gasteiger partial charge on any atom is 0.243 e. The molecule has 0 aromatic heterocycles. The lowest BCUT2D eigenvalue weighted by molar-refractivity contribution is -0.114. The summed E-state index contributed by atoms with van der Waals surface area (Å²) in [4.78, 5) is 10.1. The molecule has 0 spiro atoms. The van der Waals surface area contributed by atoms with Crippen molar-refractivity contribution in [1.82, 2.24) is 0 Å². The second-order valence-corrected chi connectivity index (χ2v) is 1.34. The van der Waals surface area contributed by atoms with Crippen LogP contribution in [0.5, 0.6) is 0 Å². The van der Waals surface area contributed by atoms with E-state index >= 15 is 0 Å². The van der Waals surface area contributed by atoms with Crippen LogP contribution in [0.2, 0.25) is 0 Å². The number of carbonyl (C=O) groups is 1. The van der Waals surface area contributed by atoms with E-state index in [2.05, 4.69) is 0 Å². The van der Waals surface area contributed by atoms with E-state index in [-0.39, 0.29) is 11.4 Å². The highest BCUT2D eigenvalue weighted by atomic mass is 16.1. The number of amides is 1. The number of nitrogens with two attached hydrogens (primary N) is 1. The Bertz CT molecular complexity index is 107. The van der Waals surface area contributed by atoms with Crippen LogP contribution in [0, 0.1) is 0 Å². The maximum absolute atomic E-state index is 10.1. The van der Waals surface area contributed by atoms with Gasteiger partial charge >= 0.3 is 0 Å². The molecule has 1 amide bonds. The molecule has 0 aromatic rings. The Morgan fingerprint density at radius 3 is 2.00 bits per heavy atom. The number of primary amides is 1. The Morgan fingerprint density at radius 1 is 1.62 bits per heavy atom. The van der Waals surface area contributed by atoms with Crippen LogP contribution in [0.15, 0.2) is 11.6 Å². The van der Waals surface area contributed by atoms with E-state index in [1.165, 1.54) is 0 Å². The lowest BCUT2D eigenvalue weighted by Crippen LogP contribution is -2.10. The first-order valence-electron chi connectivity index (χ1n) is 2.11. The van der Waals surface area contributed by atoms with Crippen molar-refractivity contribution >= 4 is 5.91 Å². The van der Waals surface area contributed by atoms with Crippen LogP contribution in [-0.2, 0) is 4.79 Å². The molecule has 0 saturated carbocycles. The smallest absolute Gasteiger partial charge is 0.243 e. The summed E-state index contributed by atoms with van der Waals surface area (Å²) in [6.45, 7) is 3.46. The zero-order valence-electron chi connectivity index (χ0n) is 5.06. The summed E-state index contributed by atoms with van der Waals surface area (Å²) in [6, 6.07) is 0. The van der Waals surface area contributed by atoms with Crippen molar-refractivity contribution in [2.75, 3.05) is 0 Å². The van der Waals surface area contributed by atoms with Crippen LogP contribution < -0.4 is 5.73 Å². The first kappa shape index (κ1) is 10.2. The molecule has 48 valence electrons. The molecule has 0 aromatic carbocycles. The third kappa shape index (κ3) is 3.36. The third-order valence-corrected chi connectivity index (χ3v) is 0.822. The number of allylic oxidation sites excluding steroid dienone is 1. The van der Waals surface area contributed by atoms with Gasteiger partial charge in [-0.25, -0.2) is 0 Å². The molecule has 0 fully saturated rings. The van der Waals surface area contributed by atoms with E-state index in [0.29, 0.717) is 5.57 Å². The van der Waals surface area contributed by atoms with E-state index in [4.69, 9.17) is 5.73 Å². The summed E-state index contributed by atoms with van der Waals surface area (Å²) in [7, 11) is 0. The lowest BCUT2D eigenvalue weighted by Gasteiger charge is -1.85. The van der Waals surface area contributed by atoms with E-state index < -0.39 is 0 Å². The standard InChI is InChI=1S/C5H9NO.H2O/c1-3-4(2)5(6)7;/h3H,1-2H3,(H2,6,7);1H2/b4-3+;. The molecule has 8 heavy (non-hydrogen) atoms. The minimum absolute atomic E-state index is 0. The van der Waals surface area contributed by atoms with E-state index in [9.17, 15) is 4.79 Å². The van der Waals surface area contributed by atoms with Gasteiger partial charge in [0, 0.05) is 5.57 Å². The second kappa shape index (κ2) is 4.33. The third-order valence-electron chi connectivity index (χ3n) is 0.822. The zero-order valence-corrected chi connectivity index (χ0v) is 5.06. The SMILES string of the molecule is C/C=C(\C)C(N)=O.O. The molecule has 0 unspecified atom stereocenters. The van der Waals surface area contributed by atoms with Crippen LogP contribution in [0.1, 0.15) is 13.8 Å². The Balaban J connectivity index is 0. The Hall–Kier alpha value is -0.830. The van der Waals surface area contributed by atoms with Gasteiger partial charge in [0.25, 0.3) is 0 Å². The Kier molecular flexibility index (Phi) is 5.53. The van der Waals surface area contributed by atoms with Crippen LogP contribution in [0.25, 0.3) is 0 Å². The summed E-state index contributed by atoms with van der Waals surface area (Å²) < 4.78 is 0. The minimum atomic E-state index is -0.345. The summed E-state index contributed by atoms with van der Waals surface area (Å²) in [5.74, 6) is -0.345. The largest absolute Gasteiger partial charge is 0.412 e. The number of rotatable bonds is 1. The normalized spacial score (nSPS) is 10.0. The highest BCUT2D eigenvalue weighted by Gasteiger charge is 1.90. The van der Waals surface area contributed by atoms with Crippen molar-refractivity contribution in [1.29, 1.82) is 0 Å². The van der Waals surface area contributed by atoms with Crippen molar-refractivity contribution in [2.24, 2.45) is 5.73 Å². The van der Waals surface area contributed by atoms with E-state index in [0.717, 1.165) is 0 Å². The Morgan fingerprint density at radius 2 is 2.00 bits per heavy atom. The van der Waals surface area contributed by atoms with E-state index in [1.54, 1.807) is 19.9 Å². The summed E-state index contributed by atoms with van der Waals surface area (Å²) >= 11 is 0. The molecule has 3 nitrogen and oxygen atoms in total. The van der Waals surface area contributed by atoms with Crippen molar-refractivity contribution < 1.29 is 10.3 Å². The molecule has 0 aliphatic rings. The first-order valence-corrected chi connectivity index (χ1v) is 2.11. The fraction of sp³-hybridized carbons (Fsp3) is 0.400. The van der Waals surface area contributed by atoms with Gasteiger partial charge in [0.1, 0.15) is 0 Å². The zero-order chi connectivity index (χ0) is 5.86. The van der Waals surface area contributed by atoms with Gasteiger partial charge in [-0.2, -0.15) is 0 Å². The summed E-state index contributed by atoms with van der Waals surface area (Å²) in [5.41, 5.74) is 5.45. The maximum atomic E-state index is 10.1. The highest BCUT2D eigenvalue weighted by molar-refractivity contribution is 5.91. The molecule has 0 heterocycles. The van der Waals surface area contributed by atoms with Crippen molar-refractivity contribution in [3.05, 3.63) is 11.6 Å². The topological polar surface area (TPSA) is 74.6 Å². The van der Waals surface area contributed by atoms with Gasteiger partial charge in [-0.05, 0) is 13.8 Å². The average molecular weight is 117 g/mol. The van der Waals surface area contributed by atoms with Gasteiger partial charge in [-0.3, -0.25) is 4.79 Å². The van der Waals surface area contributed by atoms with Crippen LogP contribution in [0.3, 0.4) is 0 Å². The van der Waals surface area contributed by atoms with Crippen molar-refractivity contribution in [3.8, 4) is 0 Å². The molecule has 0 saturated heterocycles. The fourth-order valence-electron chi connectivity index (χ4n) is 0.142. The minimum Gasteiger partial charge on any atom is -0.412 e. The fourth-order valence-corrected chi connectivity index (χ4v) is 0.142. The van der Waals surface area contributed by atoms with Gasteiger partial charge in [0.05, 0.1) is 0 Å². The highest BCUT2D eigenvalue weighted by Crippen LogP contribution is 1.85. The molecule has 0 radical (unpaired) electrons. The molecule has 0 atom stereocenters. The predicted octanol–water partition coefficient (Wildman–Crippen LogP) is -0.387. The molecule has 0 aliphatic heterocycles. The monoisotopic (exact) mass is 117 g/mol. The lowest BCUT2D eigenvalue weighted by atomic mass is 10.3. The molecular formula is C5H11NO2. The van der Waals surface area contributed by atoms with Gasteiger partial charge in [-0.15, -0.1) is 0 Å². The molecule has 0 aliphatic carbocycles. The summed E-state index contributed by atoms with van der Waals surface area (Å²) in [6.07, 6.45) is 1.68. The molecule has 3 heteroatoms. The molecule has 0 bridgehead atoms. The van der Waals surface area contributed by atoms with Crippen LogP contribution in [-0.4, -0.2) is 11.4 Å². The summed E-state index contributed by atoms with van der Waals surface area (Å²) in [5, 5.41) is 0. The first-order chi connectivity index (χ1) is 3.18. The van der Waals surface area contributed by atoms with Gasteiger partial charge in [-0.1, -0.05) is 6.08 Å². The predicted molar refractivity (Wildman–Crippen MR) is 32.2 cm³/mol. The quantitative estimate of drug-likeness (QED) is 0.467. The molecule has 4 N–H and O–H groups in total. The van der Waals surface area contributed by atoms with Crippen LogP contribution >= 0.6 is 0 Å². The number of hydrogen-bond acceptors (Lipinski definition) is 1. The second-order valence-electron chi connectivity index (χ2n) is 1.34. The van der Waals surface area contributed by atoms with Crippen molar-refractivity contribution in [3.63, 3.8) is 0 Å². The van der Waals surface area contributed by atoms with Crippen molar-refractivity contribution in [2.45, 2.75) is 13.8 Å². The number of carbonyl (C=O) groups excluding carboxylic acids is 1. The van der Waals surface area contributed by atoms with Crippen LogP contribution in [0.4, 0.5) is 0 Å². The Labute approximate surface area is 48.5 Å². The molecule has 0 rings (SSSR count). The van der Waals surface area contributed by atoms with Gasteiger partial charge in [0.2, 0.25) is 5.91 Å². The van der Waals surface area contributed by atoms with Gasteiger partial charge < -0.3 is 11.2 Å². The number of hydrogen-bond donors (Lipinski definition) is 1. The molecular weight excluding hydrogens is 106 g/mol. The van der Waals surface area contributed by atoms with E-state index in [1.807, 2.05) is 0 Å². The average Bonchev–Trinajstić information content (AvgIpc) is 1.65. The van der Waals surface area contributed by atoms with Gasteiger partial charge in [0.15, 0.2) is 0 Å².